The third-order valence-corrected chi connectivity index (χ3v) is 4.04. The molecule has 2 unspecified atom stereocenters. The standard InChI is InChI=1S/C14H25NS/c1-4-12(3)10-14(5-2)15-8-6-13-7-9-16-11-13/h7,9,11-12,14-15H,4-6,8,10H2,1-3H3. The second-order valence-electron chi connectivity index (χ2n) is 4.69. The number of hydrogen-bond acceptors (Lipinski definition) is 2. The number of thiophene rings is 1. The van der Waals surface area contributed by atoms with Crippen molar-refractivity contribution >= 4 is 11.3 Å². The summed E-state index contributed by atoms with van der Waals surface area (Å²) >= 11 is 1.79. The maximum absolute atomic E-state index is 3.68. The highest BCUT2D eigenvalue weighted by molar-refractivity contribution is 7.07. The lowest BCUT2D eigenvalue weighted by Gasteiger charge is -2.20. The SMILES string of the molecule is CCC(C)CC(CC)NCCc1ccsc1. The van der Waals surface area contributed by atoms with E-state index >= 15 is 0 Å². The van der Waals surface area contributed by atoms with Gasteiger partial charge in [-0.15, -0.1) is 0 Å². The largest absolute Gasteiger partial charge is 0.314 e. The molecule has 0 aliphatic carbocycles. The van der Waals surface area contributed by atoms with Gasteiger partial charge in [0.1, 0.15) is 0 Å². The van der Waals surface area contributed by atoms with Gasteiger partial charge < -0.3 is 5.32 Å². The maximum Gasteiger partial charge on any atom is 0.00671 e. The Hall–Kier alpha value is -0.340. The molecule has 0 aliphatic heterocycles. The first-order valence-corrected chi connectivity index (χ1v) is 7.45. The highest BCUT2D eigenvalue weighted by atomic mass is 32.1. The monoisotopic (exact) mass is 239 g/mol. The van der Waals surface area contributed by atoms with Crippen molar-refractivity contribution in [2.45, 2.75) is 52.5 Å². The van der Waals surface area contributed by atoms with E-state index in [2.05, 4.69) is 42.9 Å². The summed E-state index contributed by atoms with van der Waals surface area (Å²) < 4.78 is 0. The molecule has 1 rings (SSSR count). The average Bonchev–Trinajstić information content (AvgIpc) is 2.80. The smallest absolute Gasteiger partial charge is 0.00671 e. The van der Waals surface area contributed by atoms with Gasteiger partial charge >= 0.3 is 0 Å². The zero-order chi connectivity index (χ0) is 11.8. The molecule has 0 saturated carbocycles. The van der Waals surface area contributed by atoms with E-state index in [0.717, 1.165) is 12.5 Å². The van der Waals surface area contributed by atoms with Crippen molar-refractivity contribution in [2.24, 2.45) is 5.92 Å². The molecule has 16 heavy (non-hydrogen) atoms. The van der Waals surface area contributed by atoms with Crippen LogP contribution in [0, 0.1) is 5.92 Å². The molecule has 0 bridgehead atoms. The number of rotatable bonds is 8. The van der Waals surface area contributed by atoms with Crippen molar-refractivity contribution < 1.29 is 0 Å². The molecule has 0 fully saturated rings. The summed E-state index contributed by atoms with van der Waals surface area (Å²) in [6.45, 7) is 8.03. The summed E-state index contributed by atoms with van der Waals surface area (Å²) in [5, 5.41) is 8.08. The Morgan fingerprint density at radius 3 is 2.69 bits per heavy atom. The summed E-state index contributed by atoms with van der Waals surface area (Å²) in [7, 11) is 0. The first-order valence-electron chi connectivity index (χ1n) is 6.50. The van der Waals surface area contributed by atoms with E-state index in [1.54, 1.807) is 11.3 Å². The minimum absolute atomic E-state index is 0.702. The molecule has 0 amide bonds. The quantitative estimate of drug-likeness (QED) is 0.720. The zero-order valence-electron chi connectivity index (χ0n) is 10.8. The highest BCUT2D eigenvalue weighted by Gasteiger charge is 2.09. The Labute approximate surface area is 104 Å². The zero-order valence-corrected chi connectivity index (χ0v) is 11.6. The Balaban J connectivity index is 2.18. The van der Waals surface area contributed by atoms with Crippen LogP contribution in [0.4, 0.5) is 0 Å². The van der Waals surface area contributed by atoms with Gasteiger partial charge in [-0.05, 0) is 54.1 Å². The van der Waals surface area contributed by atoms with Crippen molar-refractivity contribution in [3.05, 3.63) is 22.4 Å². The van der Waals surface area contributed by atoms with Crippen LogP contribution in [0.5, 0.6) is 0 Å². The maximum atomic E-state index is 3.68. The van der Waals surface area contributed by atoms with Gasteiger partial charge in [-0.25, -0.2) is 0 Å². The normalized spacial score (nSPS) is 14.9. The van der Waals surface area contributed by atoms with Gasteiger partial charge in [0.15, 0.2) is 0 Å². The topological polar surface area (TPSA) is 12.0 Å². The molecule has 0 saturated heterocycles. The molecular weight excluding hydrogens is 214 g/mol. The molecule has 0 aliphatic rings. The molecule has 1 heterocycles. The minimum Gasteiger partial charge on any atom is -0.314 e. The van der Waals surface area contributed by atoms with Crippen LogP contribution >= 0.6 is 11.3 Å². The van der Waals surface area contributed by atoms with E-state index in [9.17, 15) is 0 Å². The van der Waals surface area contributed by atoms with Gasteiger partial charge in [0.2, 0.25) is 0 Å². The van der Waals surface area contributed by atoms with Crippen molar-refractivity contribution in [3.8, 4) is 0 Å². The van der Waals surface area contributed by atoms with Gasteiger partial charge in [-0.3, -0.25) is 0 Å². The van der Waals surface area contributed by atoms with Gasteiger partial charge in [0, 0.05) is 6.04 Å². The van der Waals surface area contributed by atoms with Crippen LogP contribution in [-0.4, -0.2) is 12.6 Å². The summed E-state index contributed by atoms with van der Waals surface area (Å²) in [5.74, 6) is 0.846. The van der Waals surface area contributed by atoms with Gasteiger partial charge in [-0.1, -0.05) is 27.2 Å². The van der Waals surface area contributed by atoms with Crippen LogP contribution in [0.3, 0.4) is 0 Å². The Morgan fingerprint density at radius 1 is 1.31 bits per heavy atom. The molecule has 92 valence electrons. The molecule has 2 heteroatoms. The highest BCUT2D eigenvalue weighted by Crippen LogP contribution is 2.12. The van der Waals surface area contributed by atoms with E-state index in [0.29, 0.717) is 6.04 Å². The lowest BCUT2D eigenvalue weighted by atomic mass is 9.98. The van der Waals surface area contributed by atoms with E-state index < -0.39 is 0 Å². The van der Waals surface area contributed by atoms with Crippen LogP contribution in [0.25, 0.3) is 0 Å². The predicted molar refractivity (Wildman–Crippen MR) is 74.2 cm³/mol. The molecule has 2 atom stereocenters. The number of nitrogens with one attached hydrogen (secondary N) is 1. The van der Waals surface area contributed by atoms with Gasteiger partial charge in [0.25, 0.3) is 0 Å². The van der Waals surface area contributed by atoms with Crippen LogP contribution in [0.2, 0.25) is 0 Å². The molecule has 1 aromatic rings. The van der Waals surface area contributed by atoms with Gasteiger partial charge in [0.05, 0.1) is 0 Å². The molecule has 0 radical (unpaired) electrons. The van der Waals surface area contributed by atoms with E-state index in [-0.39, 0.29) is 0 Å². The molecule has 1 nitrogen and oxygen atoms in total. The summed E-state index contributed by atoms with van der Waals surface area (Å²) in [5.41, 5.74) is 1.47. The minimum atomic E-state index is 0.702. The Kier molecular flexibility index (Phi) is 6.74. The van der Waals surface area contributed by atoms with Crippen molar-refractivity contribution in [1.82, 2.24) is 5.32 Å². The second kappa shape index (κ2) is 7.86. The fraction of sp³-hybridized carbons (Fsp3) is 0.714. The third-order valence-electron chi connectivity index (χ3n) is 3.30. The second-order valence-corrected chi connectivity index (χ2v) is 5.47. The molecule has 0 aromatic carbocycles. The Bertz CT molecular complexity index is 256. The summed E-state index contributed by atoms with van der Waals surface area (Å²) in [4.78, 5) is 0. The molecular formula is C14H25NS. The molecule has 0 spiro atoms. The number of hydrogen-bond donors (Lipinski definition) is 1. The fourth-order valence-electron chi connectivity index (χ4n) is 1.90. The third kappa shape index (κ3) is 5.13. The first kappa shape index (κ1) is 13.7. The summed E-state index contributed by atoms with van der Waals surface area (Å²) in [6, 6.07) is 2.93. The van der Waals surface area contributed by atoms with Gasteiger partial charge in [-0.2, -0.15) is 11.3 Å². The van der Waals surface area contributed by atoms with E-state index in [1.807, 2.05) is 0 Å². The van der Waals surface area contributed by atoms with Crippen LogP contribution in [0.15, 0.2) is 16.8 Å². The first-order chi connectivity index (χ1) is 7.76. The van der Waals surface area contributed by atoms with Crippen molar-refractivity contribution in [2.75, 3.05) is 6.54 Å². The van der Waals surface area contributed by atoms with E-state index in [1.165, 1.54) is 31.2 Å². The van der Waals surface area contributed by atoms with Crippen LogP contribution in [0.1, 0.15) is 45.6 Å². The average molecular weight is 239 g/mol. The summed E-state index contributed by atoms with van der Waals surface area (Å²) in [6.07, 6.45) is 5.02. The fourth-order valence-corrected chi connectivity index (χ4v) is 2.61. The lowest BCUT2D eigenvalue weighted by Crippen LogP contribution is -2.31. The van der Waals surface area contributed by atoms with Crippen LogP contribution in [-0.2, 0) is 6.42 Å². The lowest BCUT2D eigenvalue weighted by molar-refractivity contribution is 0.387. The van der Waals surface area contributed by atoms with E-state index in [4.69, 9.17) is 0 Å². The predicted octanol–water partition coefficient (Wildman–Crippen LogP) is 4.10. The Morgan fingerprint density at radius 2 is 2.12 bits per heavy atom. The molecule has 1 N–H and O–H groups in total. The molecule has 1 aromatic heterocycles. The van der Waals surface area contributed by atoms with Crippen LogP contribution < -0.4 is 5.32 Å². The van der Waals surface area contributed by atoms with Crippen molar-refractivity contribution in [1.29, 1.82) is 0 Å². The van der Waals surface area contributed by atoms with Crippen molar-refractivity contribution in [3.63, 3.8) is 0 Å².